The van der Waals surface area contributed by atoms with Crippen LogP contribution in [0.2, 0.25) is 5.02 Å². The lowest BCUT2D eigenvalue weighted by Crippen LogP contribution is -2.08. The maximum Gasteiger partial charge on any atom is 0.419 e. The number of nitrogens with zero attached hydrogens (tertiary/aromatic N) is 1. The second-order valence-corrected chi connectivity index (χ2v) is 4.42. The molecule has 0 spiro atoms. The minimum atomic E-state index is -4.83. The molecule has 112 valence electrons. The van der Waals surface area contributed by atoms with E-state index in [-0.39, 0.29) is 23.3 Å². The van der Waals surface area contributed by atoms with Gasteiger partial charge in [-0.1, -0.05) is 11.6 Å². The predicted octanol–water partition coefficient (Wildman–Crippen LogP) is 4.18. The van der Waals surface area contributed by atoms with E-state index in [4.69, 9.17) is 21.4 Å². The molecule has 0 fully saturated rings. The average Bonchev–Trinajstić information content (AvgIpc) is 2.42. The van der Waals surface area contributed by atoms with Crippen LogP contribution in [0, 0.1) is 5.82 Å². The van der Waals surface area contributed by atoms with E-state index in [1.54, 1.807) is 0 Å². The molecule has 3 nitrogen and oxygen atoms in total. The van der Waals surface area contributed by atoms with Gasteiger partial charge in [0.1, 0.15) is 11.6 Å². The highest BCUT2D eigenvalue weighted by atomic mass is 35.5. The minimum absolute atomic E-state index is 0.0665. The van der Waals surface area contributed by atoms with Crippen molar-refractivity contribution in [3.05, 3.63) is 52.4 Å². The fourth-order valence-corrected chi connectivity index (χ4v) is 1.70. The lowest BCUT2D eigenvalue weighted by Gasteiger charge is -2.11. The van der Waals surface area contributed by atoms with Gasteiger partial charge in [0.05, 0.1) is 17.2 Å². The number of rotatable bonds is 3. The first-order valence-electron chi connectivity index (χ1n) is 5.61. The third kappa shape index (κ3) is 3.62. The largest absolute Gasteiger partial charge is 0.439 e. The number of hydrogen-bond donors (Lipinski definition) is 1. The molecular weight excluding hydrogens is 314 g/mol. The molecule has 0 aliphatic rings. The van der Waals surface area contributed by atoms with Crippen LogP contribution < -0.4 is 4.74 Å². The zero-order valence-corrected chi connectivity index (χ0v) is 11.0. The molecule has 0 saturated carbocycles. The van der Waals surface area contributed by atoms with Crippen molar-refractivity contribution in [1.29, 1.82) is 0 Å². The Labute approximate surface area is 121 Å². The summed E-state index contributed by atoms with van der Waals surface area (Å²) in [5, 5.41) is 9.22. The van der Waals surface area contributed by atoms with Crippen molar-refractivity contribution in [3.63, 3.8) is 0 Å². The fourth-order valence-electron chi connectivity index (χ4n) is 1.54. The summed E-state index contributed by atoms with van der Waals surface area (Å²) >= 11 is 5.73. The summed E-state index contributed by atoms with van der Waals surface area (Å²) in [5.74, 6) is -1.69. The Hall–Kier alpha value is -1.86. The third-order valence-electron chi connectivity index (χ3n) is 2.55. The van der Waals surface area contributed by atoms with E-state index in [1.807, 2.05) is 0 Å². The van der Waals surface area contributed by atoms with Gasteiger partial charge in [-0.05, 0) is 18.2 Å². The van der Waals surface area contributed by atoms with Gasteiger partial charge >= 0.3 is 6.18 Å². The number of benzene rings is 1. The van der Waals surface area contributed by atoms with Gasteiger partial charge in [0, 0.05) is 17.8 Å². The molecule has 0 radical (unpaired) electrons. The molecule has 2 aromatic rings. The summed E-state index contributed by atoms with van der Waals surface area (Å²) in [5.41, 5.74) is -1.13. The van der Waals surface area contributed by atoms with Gasteiger partial charge < -0.3 is 9.84 Å². The van der Waals surface area contributed by atoms with Crippen LogP contribution in [-0.2, 0) is 12.8 Å². The highest BCUT2D eigenvalue weighted by Gasteiger charge is 2.34. The van der Waals surface area contributed by atoms with Crippen molar-refractivity contribution in [2.75, 3.05) is 0 Å². The summed E-state index contributed by atoms with van der Waals surface area (Å²) < 4.78 is 56.0. The molecule has 1 N–H and O–H groups in total. The van der Waals surface area contributed by atoms with Crippen molar-refractivity contribution in [1.82, 2.24) is 4.98 Å². The van der Waals surface area contributed by atoms with E-state index in [0.717, 1.165) is 6.07 Å². The Morgan fingerprint density at radius 1 is 1.24 bits per heavy atom. The summed E-state index contributed by atoms with van der Waals surface area (Å²) in [6, 6.07) is 3.50. The Morgan fingerprint density at radius 3 is 2.57 bits per heavy atom. The molecule has 0 saturated heterocycles. The first-order valence-corrected chi connectivity index (χ1v) is 5.99. The van der Waals surface area contributed by atoms with Gasteiger partial charge in [-0.25, -0.2) is 9.37 Å². The first-order chi connectivity index (χ1) is 9.81. The normalized spacial score (nSPS) is 11.5. The van der Waals surface area contributed by atoms with Gasteiger partial charge in [-0.3, -0.25) is 0 Å². The molecule has 1 aromatic heterocycles. The number of alkyl halides is 3. The van der Waals surface area contributed by atoms with Crippen molar-refractivity contribution in [2.45, 2.75) is 12.8 Å². The quantitative estimate of drug-likeness (QED) is 0.862. The van der Waals surface area contributed by atoms with Gasteiger partial charge in [0.15, 0.2) is 0 Å². The number of pyridine rings is 1. The average molecular weight is 322 g/mol. The molecule has 21 heavy (non-hydrogen) atoms. The molecule has 0 amide bonds. The van der Waals surface area contributed by atoms with Crippen molar-refractivity contribution in [2.24, 2.45) is 0 Å². The van der Waals surface area contributed by atoms with Gasteiger partial charge in [-0.2, -0.15) is 13.2 Å². The Bertz CT molecular complexity index is 661. The summed E-state index contributed by atoms with van der Waals surface area (Å²) in [6.45, 7) is -0.380. The van der Waals surface area contributed by atoms with Crippen LogP contribution in [0.3, 0.4) is 0 Å². The molecule has 0 unspecified atom stereocenters. The smallest absolute Gasteiger partial charge is 0.419 e. The van der Waals surface area contributed by atoms with Crippen LogP contribution in [-0.4, -0.2) is 10.1 Å². The van der Waals surface area contributed by atoms with E-state index in [0.29, 0.717) is 17.7 Å². The Morgan fingerprint density at radius 2 is 1.95 bits per heavy atom. The lowest BCUT2D eigenvalue weighted by atomic mass is 10.2. The number of halogens is 5. The third-order valence-corrected chi connectivity index (χ3v) is 2.89. The van der Waals surface area contributed by atoms with Crippen molar-refractivity contribution < 1.29 is 27.4 Å². The minimum Gasteiger partial charge on any atom is -0.439 e. The van der Waals surface area contributed by atoms with Crippen LogP contribution in [0.15, 0.2) is 30.5 Å². The van der Waals surface area contributed by atoms with Crippen molar-refractivity contribution >= 4 is 11.6 Å². The lowest BCUT2D eigenvalue weighted by molar-refractivity contribution is -0.140. The molecule has 1 aromatic carbocycles. The monoisotopic (exact) mass is 321 g/mol. The second kappa shape index (κ2) is 5.87. The van der Waals surface area contributed by atoms with E-state index in [2.05, 4.69) is 4.98 Å². The molecule has 0 atom stereocenters. The van der Waals surface area contributed by atoms with Gasteiger partial charge in [0.2, 0.25) is 5.88 Å². The summed E-state index contributed by atoms with van der Waals surface area (Å²) in [6.07, 6.45) is -3.64. The van der Waals surface area contributed by atoms with Crippen molar-refractivity contribution in [3.8, 4) is 11.6 Å². The maximum atomic E-state index is 13.1. The second-order valence-electron chi connectivity index (χ2n) is 4.01. The molecule has 0 aliphatic heterocycles. The number of aliphatic hydroxyl groups is 1. The highest BCUT2D eigenvalue weighted by Crippen LogP contribution is 2.34. The Balaban J connectivity index is 2.32. The molecule has 0 aliphatic carbocycles. The van der Waals surface area contributed by atoms with Gasteiger partial charge in [-0.15, -0.1) is 0 Å². The molecule has 8 heteroatoms. The summed E-state index contributed by atoms with van der Waals surface area (Å²) in [4.78, 5) is 3.76. The predicted molar refractivity (Wildman–Crippen MR) is 66.6 cm³/mol. The Kier molecular flexibility index (Phi) is 4.34. The summed E-state index contributed by atoms with van der Waals surface area (Å²) in [7, 11) is 0. The number of aliphatic hydroxyl groups excluding tert-OH is 1. The standard InChI is InChI=1S/C13H8ClF4NO2/c14-10-5-19-12(3-7(10)6-20)21-8-1-2-11(15)9(4-8)13(16,17)18/h1-5,20H,6H2. The van der Waals surface area contributed by atoms with Crippen LogP contribution in [0.1, 0.15) is 11.1 Å². The number of hydrogen-bond acceptors (Lipinski definition) is 3. The fraction of sp³-hybridized carbons (Fsp3) is 0.154. The van der Waals surface area contributed by atoms with Crippen LogP contribution in [0.25, 0.3) is 0 Å². The van der Waals surface area contributed by atoms with Crippen LogP contribution in [0.5, 0.6) is 11.6 Å². The van der Waals surface area contributed by atoms with E-state index in [1.165, 1.54) is 12.3 Å². The number of aromatic nitrogens is 1. The van der Waals surface area contributed by atoms with E-state index < -0.39 is 17.6 Å². The zero-order valence-electron chi connectivity index (χ0n) is 10.3. The highest BCUT2D eigenvalue weighted by molar-refractivity contribution is 6.31. The molecule has 0 bridgehead atoms. The van der Waals surface area contributed by atoms with E-state index in [9.17, 15) is 17.6 Å². The molecule has 1 heterocycles. The molecule has 2 rings (SSSR count). The van der Waals surface area contributed by atoms with Crippen LogP contribution in [0.4, 0.5) is 17.6 Å². The topological polar surface area (TPSA) is 42.4 Å². The van der Waals surface area contributed by atoms with Crippen LogP contribution >= 0.6 is 11.6 Å². The number of ether oxygens (including phenoxy) is 1. The SMILES string of the molecule is OCc1cc(Oc2ccc(F)c(C(F)(F)F)c2)ncc1Cl. The first kappa shape index (κ1) is 15.5. The maximum absolute atomic E-state index is 13.1. The zero-order chi connectivity index (χ0) is 15.6. The van der Waals surface area contributed by atoms with E-state index >= 15 is 0 Å². The molecular formula is C13H8ClF4NO2. The van der Waals surface area contributed by atoms with Gasteiger partial charge in [0.25, 0.3) is 0 Å².